The molecule has 3 aromatic rings. The van der Waals surface area contributed by atoms with Crippen LogP contribution in [-0.2, 0) is 0 Å². The molecule has 1 N–H and O–H groups in total. The Hall–Kier alpha value is -2.40. The molecule has 0 fully saturated rings. The summed E-state index contributed by atoms with van der Waals surface area (Å²) in [5.74, 6) is 0.828. The molecule has 0 aliphatic rings. The second-order valence-corrected chi connectivity index (χ2v) is 7.25. The topological polar surface area (TPSA) is 55.1 Å². The van der Waals surface area contributed by atoms with Gasteiger partial charge in [0.25, 0.3) is 5.91 Å². The third kappa shape index (κ3) is 3.12. The molecule has 24 heavy (non-hydrogen) atoms. The van der Waals surface area contributed by atoms with Crippen molar-refractivity contribution in [2.45, 2.75) is 33.6 Å². The number of nitrogens with one attached hydrogen (secondary N) is 1. The molecular formula is C19H20N2O2S. The zero-order valence-corrected chi connectivity index (χ0v) is 15.0. The summed E-state index contributed by atoms with van der Waals surface area (Å²) in [4.78, 5) is 18.1. The number of aryl methyl sites for hydroxylation is 2. The van der Waals surface area contributed by atoms with Gasteiger partial charge in [-0.05, 0) is 43.0 Å². The van der Waals surface area contributed by atoms with Gasteiger partial charge in [0.05, 0.1) is 6.26 Å². The monoisotopic (exact) mass is 340 g/mol. The van der Waals surface area contributed by atoms with Crippen molar-refractivity contribution in [1.82, 2.24) is 4.98 Å². The number of carbonyl (C=O) groups is 1. The summed E-state index contributed by atoms with van der Waals surface area (Å²) in [6.45, 7) is 8.14. The summed E-state index contributed by atoms with van der Waals surface area (Å²) >= 11 is 1.46. The molecule has 0 saturated heterocycles. The number of amides is 1. The Kier molecular flexibility index (Phi) is 4.53. The molecule has 0 aliphatic heterocycles. The number of thiazole rings is 1. The number of hydrogen-bond acceptors (Lipinski definition) is 4. The minimum absolute atomic E-state index is 0.183. The van der Waals surface area contributed by atoms with E-state index >= 15 is 0 Å². The summed E-state index contributed by atoms with van der Waals surface area (Å²) in [5.41, 5.74) is 3.50. The highest BCUT2D eigenvalue weighted by molar-refractivity contribution is 7.15. The largest absolute Gasteiger partial charge is 0.462 e. The fourth-order valence-electron chi connectivity index (χ4n) is 2.63. The number of rotatable bonds is 4. The number of nitrogens with zero attached hydrogens (tertiary/aromatic N) is 1. The van der Waals surface area contributed by atoms with Gasteiger partial charge in [-0.15, -0.1) is 11.3 Å². The van der Waals surface area contributed by atoms with Crippen LogP contribution in [0.1, 0.15) is 46.3 Å². The van der Waals surface area contributed by atoms with E-state index in [-0.39, 0.29) is 5.91 Å². The second-order valence-electron chi connectivity index (χ2n) is 6.05. The first-order valence-corrected chi connectivity index (χ1v) is 8.71. The summed E-state index contributed by atoms with van der Waals surface area (Å²) < 4.78 is 5.37. The van der Waals surface area contributed by atoms with E-state index in [1.807, 2.05) is 38.1 Å². The van der Waals surface area contributed by atoms with Crippen LogP contribution >= 0.6 is 11.3 Å². The van der Waals surface area contributed by atoms with Gasteiger partial charge in [0, 0.05) is 10.6 Å². The molecule has 1 aromatic carbocycles. The van der Waals surface area contributed by atoms with Crippen molar-refractivity contribution in [2.75, 3.05) is 5.32 Å². The predicted octanol–water partition coefficient (Wildman–Crippen LogP) is 5.40. The van der Waals surface area contributed by atoms with Crippen LogP contribution in [0.2, 0.25) is 0 Å². The fraction of sp³-hybridized carbons (Fsp3) is 0.263. The first kappa shape index (κ1) is 16.5. The van der Waals surface area contributed by atoms with Crippen LogP contribution < -0.4 is 5.32 Å². The van der Waals surface area contributed by atoms with Crippen molar-refractivity contribution < 1.29 is 9.21 Å². The van der Waals surface area contributed by atoms with Crippen molar-refractivity contribution in [3.05, 3.63) is 58.3 Å². The average Bonchev–Trinajstić information content (AvgIpc) is 3.18. The second kappa shape index (κ2) is 6.61. The van der Waals surface area contributed by atoms with Gasteiger partial charge in [-0.2, -0.15) is 0 Å². The minimum atomic E-state index is -0.183. The van der Waals surface area contributed by atoms with E-state index in [9.17, 15) is 4.79 Å². The van der Waals surface area contributed by atoms with Gasteiger partial charge in [0.1, 0.15) is 5.69 Å². The average molecular weight is 340 g/mol. The van der Waals surface area contributed by atoms with Crippen molar-refractivity contribution in [2.24, 2.45) is 0 Å². The molecule has 0 spiro atoms. The van der Waals surface area contributed by atoms with E-state index in [4.69, 9.17) is 4.42 Å². The summed E-state index contributed by atoms with van der Waals surface area (Å²) in [7, 11) is 0. The minimum Gasteiger partial charge on any atom is -0.462 e. The molecule has 4 nitrogen and oxygen atoms in total. The Morgan fingerprint density at radius 1 is 1.21 bits per heavy atom. The van der Waals surface area contributed by atoms with Gasteiger partial charge in [-0.3, -0.25) is 4.79 Å². The lowest BCUT2D eigenvalue weighted by atomic mass is 9.98. The predicted molar refractivity (Wildman–Crippen MR) is 97.8 cm³/mol. The quantitative estimate of drug-likeness (QED) is 0.692. The number of benzene rings is 1. The van der Waals surface area contributed by atoms with Gasteiger partial charge in [0.15, 0.2) is 10.8 Å². The van der Waals surface area contributed by atoms with Crippen LogP contribution in [0.25, 0.3) is 10.8 Å². The van der Waals surface area contributed by atoms with E-state index < -0.39 is 0 Å². The van der Waals surface area contributed by atoms with Gasteiger partial charge in [-0.25, -0.2) is 4.98 Å². The van der Waals surface area contributed by atoms with Crippen LogP contribution in [0.5, 0.6) is 0 Å². The normalized spacial score (nSPS) is 11.0. The first-order valence-electron chi connectivity index (χ1n) is 7.89. The Labute approximate surface area is 145 Å². The highest BCUT2D eigenvalue weighted by Crippen LogP contribution is 2.30. The van der Waals surface area contributed by atoms with E-state index in [0.717, 1.165) is 26.7 Å². The smallest absolute Gasteiger partial charge is 0.275 e. The van der Waals surface area contributed by atoms with Crippen LogP contribution in [0, 0.1) is 13.8 Å². The standard InChI is InChI=1S/C19H20N2O2S/c1-11(2)14-8-5-7-12(3)16(14)20-18(22)17-13(4)24-19(21-17)15-9-6-10-23-15/h5-11H,1-4H3,(H,20,22). The molecule has 2 aromatic heterocycles. The zero-order valence-electron chi connectivity index (χ0n) is 14.2. The Morgan fingerprint density at radius 3 is 2.67 bits per heavy atom. The molecule has 0 unspecified atom stereocenters. The zero-order chi connectivity index (χ0) is 17.3. The number of aromatic nitrogens is 1. The third-order valence-corrected chi connectivity index (χ3v) is 4.89. The number of carbonyl (C=O) groups excluding carboxylic acids is 1. The Balaban J connectivity index is 1.92. The maximum absolute atomic E-state index is 12.7. The highest BCUT2D eigenvalue weighted by atomic mass is 32.1. The van der Waals surface area contributed by atoms with Crippen molar-refractivity contribution >= 4 is 22.9 Å². The molecule has 124 valence electrons. The molecule has 0 bridgehead atoms. The molecule has 5 heteroatoms. The highest BCUT2D eigenvalue weighted by Gasteiger charge is 2.19. The Morgan fingerprint density at radius 2 is 2.00 bits per heavy atom. The number of furan rings is 1. The number of para-hydroxylation sites is 1. The summed E-state index contributed by atoms with van der Waals surface area (Å²) in [6.07, 6.45) is 1.61. The molecule has 0 atom stereocenters. The van der Waals surface area contributed by atoms with Crippen LogP contribution in [0.3, 0.4) is 0 Å². The molecule has 1 amide bonds. The van der Waals surface area contributed by atoms with Crippen molar-refractivity contribution in [1.29, 1.82) is 0 Å². The first-order chi connectivity index (χ1) is 11.5. The maximum atomic E-state index is 12.7. The molecular weight excluding hydrogens is 320 g/mol. The molecule has 0 radical (unpaired) electrons. The SMILES string of the molecule is Cc1cccc(C(C)C)c1NC(=O)c1nc(-c2ccco2)sc1C. The molecule has 0 saturated carbocycles. The molecule has 3 rings (SSSR count). The van der Waals surface area contributed by atoms with Gasteiger partial charge < -0.3 is 9.73 Å². The Bertz CT molecular complexity index is 864. The van der Waals surface area contributed by atoms with Gasteiger partial charge >= 0.3 is 0 Å². The number of anilines is 1. The van der Waals surface area contributed by atoms with Gasteiger partial charge in [0.2, 0.25) is 0 Å². The lowest BCUT2D eigenvalue weighted by molar-refractivity contribution is 0.102. The van der Waals surface area contributed by atoms with E-state index in [0.29, 0.717) is 17.4 Å². The molecule has 2 heterocycles. The van der Waals surface area contributed by atoms with Crippen LogP contribution in [0.15, 0.2) is 41.0 Å². The fourth-order valence-corrected chi connectivity index (χ4v) is 3.51. The van der Waals surface area contributed by atoms with E-state index in [1.165, 1.54) is 11.3 Å². The van der Waals surface area contributed by atoms with E-state index in [1.54, 1.807) is 6.26 Å². The van der Waals surface area contributed by atoms with Gasteiger partial charge in [-0.1, -0.05) is 32.0 Å². The molecule has 0 aliphatic carbocycles. The maximum Gasteiger partial charge on any atom is 0.275 e. The summed E-state index contributed by atoms with van der Waals surface area (Å²) in [5, 5.41) is 3.77. The van der Waals surface area contributed by atoms with E-state index in [2.05, 4.69) is 30.2 Å². The van der Waals surface area contributed by atoms with Crippen LogP contribution in [0.4, 0.5) is 5.69 Å². The van der Waals surface area contributed by atoms with Crippen LogP contribution in [-0.4, -0.2) is 10.9 Å². The van der Waals surface area contributed by atoms with Crippen molar-refractivity contribution in [3.8, 4) is 10.8 Å². The number of hydrogen-bond donors (Lipinski definition) is 1. The van der Waals surface area contributed by atoms with Crippen molar-refractivity contribution in [3.63, 3.8) is 0 Å². The third-order valence-electron chi connectivity index (χ3n) is 3.91. The lowest BCUT2D eigenvalue weighted by Crippen LogP contribution is -2.16. The lowest BCUT2D eigenvalue weighted by Gasteiger charge is -2.16. The summed E-state index contributed by atoms with van der Waals surface area (Å²) in [6, 6.07) is 9.73.